The van der Waals surface area contributed by atoms with Crippen LogP contribution in [0.15, 0.2) is 12.1 Å². The van der Waals surface area contributed by atoms with E-state index in [1.165, 1.54) is 0 Å². The van der Waals surface area contributed by atoms with Gasteiger partial charge in [-0.05, 0) is 42.6 Å². The van der Waals surface area contributed by atoms with E-state index in [0.717, 1.165) is 55.0 Å². The molecule has 5 heterocycles. The molecule has 1 saturated carbocycles. The van der Waals surface area contributed by atoms with Gasteiger partial charge in [-0.15, -0.1) is 0 Å². The van der Waals surface area contributed by atoms with Gasteiger partial charge in [-0.2, -0.15) is 0 Å². The summed E-state index contributed by atoms with van der Waals surface area (Å²) in [5, 5.41) is 11.2. The second-order valence-electron chi connectivity index (χ2n) is 7.71. The molecule has 1 aromatic rings. The Hall–Kier alpha value is -1.34. The first kappa shape index (κ1) is 13.9. The first-order valence-corrected chi connectivity index (χ1v) is 8.76. The molecule has 7 rings (SSSR count). The van der Waals surface area contributed by atoms with Crippen molar-refractivity contribution in [1.82, 2.24) is 4.90 Å². The van der Waals surface area contributed by atoms with Crippen molar-refractivity contribution in [3.05, 3.63) is 23.3 Å². The molecule has 0 aromatic heterocycles. The van der Waals surface area contributed by atoms with Crippen LogP contribution in [0, 0.1) is 0 Å². The van der Waals surface area contributed by atoms with Gasteiger partial charge < -0.3 is 24.1 Å². The van der Waals surface area contributed by atoms with E-state index in [1.807, 2.05) is 0 Å². The van der Waals surface area contributed by atoms with Gasteiger partial charge in [-0.3, -0.25) is 4.90 Å². The maximum atomic E-state index is 11.2. The van der Waals surface area contributed by atoms with Crippen molar-refractivity contribution < 1.29 is 24.1 Å². The Bertz CT molecular complexity index is 738. The van der Waals surface area contributed by atoms with Crippen LogP contribution >= 0.6 is 0 Å². The summed E-state index contributed by atoms with van der Waals surface area (Å²) in [6.07, 6.45) is 2.18. The largest absolute Gasteiger partial charge is 0.454 e. The van der Waals surface area contributed by atoms with E-state index in [1.54, 1.807) is 7.11 Å². The molecule has 6 heteroatoms. The first-order chi connectivity index (χ1) is 11.7. The summed E-state index contributed by atoms with van der Waals surface area (Å²) in [5.41, 5.74) is 2.19. The number of fused-ring (bicyclic) bond motifs is 1. The minimum atomic E-state index is -0.917. The lowest BCUT2D eigenvalue weighted by Crippen LogP contribution is -2.47. The Balaban J connectivity index is 1.64. The second kappa shape index (κ2) is 4.25. The zero-order valence-corrected chi connectivity index (χ0v) is 13.7. The van der Waals surface area contributed by atoms with E-state index < -0.39 is 11.9 Å². The Kier molecular flexibility index (Phi) is 2.46. The van der Waals surface area contributed by atoms with Crippen molar-refractivity contribution in [3.63, 3.8) is 0 Å². The lowest BCUT2D eigenvalue weighted by Gasteiger charge is -2.39. The minimum absolute atomic E-state index is 0.0167. The Labute approximate surface area is 140 Å². The number of ether oxygens (including phenoxy) is 4. The number of nitrogens with zero attached hydrogens (tertiary/aromatic N) is 1. The number of aliphatic hydroxyl groups is 1. The Morgan fingerprint density at radius 3 is 2.83 bits per heavy atom. The van der Waals surface area contributed by atoms with E-state index in [2.05, 4.69) is 17.0 Å². The molecular formula is C18H21NO5. The lowest BCUT2D eigenvalue weighted by atomic mass is 9.78. The molecule has 6 nitrogen and oxygen atoms in total. The van der Waals surface area contributed by atoms with Gasteiger partial charge in [0, 0.05) is 31.5 Å². The number of methoxy groups -OCH3 is 1. The van der Waals surface area contributed by atoms with Crippen LogP contribution in [0.25, 0.3) is 0 Å². The molecule has 1 aliphatic carbocycles. The molecule has 1 spiro atoms. The zero-order valence-electron chi connectivity index (χ0n) is 13.7. The summed E-state index contributed by atoms with van der Waals surface area (Å²) in [5.74, 6) is 0.617. The van der Waals surface area contributed by atoms with Gasteiger partial charge in [-0.1, -0.05) is 0 Å². The molecule has 4 bridgehead atoms. The zero-order chi connectivity index (χ0) is 16.1. The number of benzene rings is 1. The van der Waals surface area contributed by atoms with Crippen molar-refractivity contribution >= 4 is 0 Å². The molecule has 6 aliphatic rings. The Morgan fingerprint density at radius 2 is 2.04 bits per heavy atom. The predicted octanol–water partition coefficient (Wildman–Crippen LogP) is 1.53. The van der Waals surface area contributed by atoms with E-state index in [-0.39, 0.29) is 24.4 Å². The molecule has 5 aliphatic heterocycles. The highest BCUT2D eigenvalue weighted by Crippen LogP contribution is 2.64. The summed E-state index contributed by atoms with van der Waals surface area (Å²) in [4.78, 5) is 2.53. The molecule has 2 saturated heterocycles. The fraction of sp³-hybridized carbons (Fsp3) is 0.667. The van der Waals surface area contributed by atoms with E-state index in [0.29, 0.717) is 0 Å². The maximum Gasteiger partial charge on any atom is 0.231 e. The number of hydrogen-bond donors (Lipinski definition) is 1. The van der Waals surface area contributed by atoms with E-state index in [9.17, 15) is 5.11 Å². The standard InChI is InChI=1S/C18H21NO5/c1-21-18-8-17-3-2-4-19(17)7-14(24-18)10-5-12-13(23-9-22-12)6-11(10)15(17)16(18)20/h5-6,14-16,20H,2-4,7-9H2,1H3/t14-,15-,16+,17+,18+/m1/s1. The highest BCUT2D eigenvalue weighted by Gasteiger charge is 2.70. The molecule has 128 valence electrons. The fourth-order valence-electron chi connectivity index (χ4n) is 5.94. The Morgan fingerprint density at radius 1 is 1.25 bits per heavy atom. The van der Waals surface area contributed by atoms with Crippen LogP contribution in [0.1, 0.15) is 42.4 Å². The summed E-state index contributed by atoms with van der Waals surface area (Å²) in [6, 6.07) is 4.12. The number of rotatable bonds is 1. The first-order valence-electron chi connectivity index (χ1n) is 8.76. The minimum Gasteiger partial charge on any atom is -0.454 e. The van der Waals surface area contributed by atoms with Gasteiger partial charge in [0.1, 0.15) is 6.10 Å². The molecule has 1 aromatic carbocycles. The van der Waals surface area contributed by atoms with Gasteiger partial charge in [-0.25, -0.2) is 0 Å². The average Bonchev–Trinajstić information content (AvgIpc) is 3.19. The van der Waals surface area contributed by atoms with Crippen LogP contribution in [0.4, 0.5) is 0 Å². The van der Waals surface area contributed by atoms with Crippen LogP contribution in [0.2, 0.25) is 0 Å². The molecule has 1 N–H and O–H groups in total. The fourth-order valence-corrected chi connectivity index (χ4v) is 5.94. The van der Waals surface area contributed by atoms with Crippen LogP contribution in [-0.4, -0.2) is 54.4 Å². The third kappa shape index (κ3) is 1.39. The summed E-state index contributed by atoms with van der Waals surface area (Å²) >= 11 is 0. The van der Waals surface area contributed by atoms with E-state index in [4.69, 9.17) is 18.9 Å². The van der Waals surface area contributed by atoms with Crippen molar-refractivity contribution in [1.29, 1.82) is 0 Å². The summed E-state index contributed by atoms with van der Waals surface area (Å²) < 4.78 is 23.5. The van der Waals surface area contributed by atoms with Gasteiger partial charge >= 0.3 is 0 Å². The van der Waals surface area contributed by atoms with Gasteiger partial charge in [0.2, 0.25) is 6.79 Å². The third-order valence-electron chi connectivity index (χ3n) is 6.90. The monoisotopic (exact) mass is 331 g/mol. The molecule has 24 heavy (non-hydrogen) atoms. The van der Waals surface area contributed by atoms with Crippen LogP contribution in [0.3, 0.4) is 0 Å². The van der Waals surface area contributed by atoms with Crippen LogP contribution in [-0.2, 0) is 9.47 Å². The van der Waals surface area contributed by atoms with Gasteiger partial charge in [0.05, 0.1) is 6.10 Å². The normalized spacial score (nSPS) is 44.5. The van der Waals surface area contributed by atoms with Crippen molar-refractivity contribution in [2.45, 2.75) is 48.7 Å². The topological polar surface area (TPSA) is 60.4 Å². The lowest BCUT2D eigenvalue weighted by molar-refractivity contribution is -0.277. The molecule has 0 amide bonds. The quantitative estimate of drug-likeness (QED) is 0.842. The maximum absolute atomic E-state index is 11.2. The highest BCUT2D eigenvalue weighted by molar-refractivity contribution is 5.54. The molecule has 0 unspecified atom stereocenters. The predicted molar refractivity (Wildman–Crippen MR) is 83.0 cm³/mol. The smallest absolute Gasteiger partial charge is 0.231 e. The van der Waals surface area contributed by atoms with Crippen LogP contribution < -0.4 is 9.47 Å². The number of aliphatic hydroxyl groups excluding tert-OH is 1. The second-order valence-corrected chi connectivity index (χ2v) is 7.71. The third-order valence-corrected chi connectivity index (χ3v) is 6.90. The van der Waals surface area contributed by atoms with Crippen molar-refractivity contribution in [3.8, 4) is 11.5 Å². The van der Waals surface area contributed by atoms with Crippen LogP contribution in [0.5, 0.6) is 11.5 Å². The van der Waals surface area contributed by atoms with Gasteiger partial charge in [0.25, 0.3) is 0 Å². The SMILES string of the molecule is CO[C@@]12C[C@]34CCCN3C[C@@H](O1)c1cc3c(cc1[C@@H]4[C@@H]2O)OCO3. The average molecular weight is 331 g/mol. The van der Waals surface area contributed by atoms with Crippen molar-refractivity contribution in [2.75, 3.05) is 27.0 Å². The molecule has 0 radical (unpaired) electrons. The highest BCUT2D eigenvalue weighted by atomic mass is 16.7. The molecular weight excluding hydrogens is 310 g/mol. The number of hydrogen-bond acceptors (Lipinski definition) is 6. The summed E-state index contributed by atoms with van der Waals surface area (Å²) in [6.45, 7) is 2.17. The van der Waals surface area contributed by atoms with E-state index >= 15 is 0 Å². The van der Waals surface area contributed by atoms with Gasteiger partial charge in [0.15, 0.2) is 17.3 Å². The van der Waals surface area contributed by atoms with Crippen molar-refractivity contribution in [2.24, 2.45) is 0 Å². The molecule has 3 fully saturated rings. The molecule has 5 atom stereocenters. The summed E-state index contributed by atoms with van der Waals surface area (Å²) in [7, 11) is 1.66.